The molecule has 0 atom stereocenters. The van der Waals surface area contributed by atoms with Gasteiger partial charge in [0.1, 0.15) is 11.4 Å². The Balaban J connectivity index is 1.89. The monoisotopic (exact) mass is 577 g/mol. The highest BCUT2D eigenvalue weighted by Gasteiger charge is 2.28. The first-order chi connectivity index (χ1) is 16.8. The molecular weight excluding hydrogens is 535 g/mol. The van der Waals surface area contributed by atoms with E-state index in [0.29, 0.717) is 34.9 Å². The highest BCUT2D eigenvalue weighted by Crippen LogP contribution is 2.29. The molecule has 33 heavy (non-hydrogen) atoms. The molecule has 1 aromatic heterocycles. The van der Waals surface area contributed by atoms with Crippen molar-refractivity contribution in [3.63, 3.8) is 0 Å². The van der Waals surface area contributed by atoms with Gasteiger partial charge in [0.25, 0.3) is 0 Å². The van der Waals surface area contributed by atoms with Crippen LogP contribution in [0.25, 0.3) is 0 Å². The van der Waals surface area contributed by atoms with Crippen molar-refractivity contribution in [1.82, 2.24) is 15.2 Å². The van der Waals surface area contributed by atoms with Crippen LogP contribution in [0.5, 0.6) is 0 Å². The number of carbonyl (C=O) groups is 2. The Morgan fingerprint density at radius 1 is 1.24 bits per heavy atom. The summed E-state index contributed by atoms with van der Waals surface area (Å²) in [5.74, 6) is 0.172. The minimum atomic E-state index is -0.521. The van der Waals surface area contributed by atoms with Crippen molar-refractivity contribution >= 4 is 40.3 Å². The number of rotatable bonds is 11. The van der Waals surface area contributed by atoms with Gasteiger partial charge in [-0.2, -0.15) is 0 Å². The Morgan fingerprint density at radius 2 is 1.94 bits per heavy atom. The molecule has 9 heteroatoms. The molecule has 1 aromatic rings. The first kappa shape index (κ1) is 23.3. The van der Waals surface area contributed by atoms with Crippen molar-refractivity contribution in [2.75, 3.05) is 51.8 Å². The lowest BCUT2D eigenvalue weighted by atomic mass is 9.85. The molecule has 1 heterocycles. The number of anilines is 1. The molecule has 0 saturated heterocycles. The minimum absolute atomic E-state index is 0.0286. The van der Waals surface area contributed by atoms with E-state index in [2.05, 4.69) is 15.2 Å². The van der Waals surface area contributed by atoms with Gasteiger partial charge < -0.3 is 19.7 Å². The van der Waals surface area contributed by atoms with Gasteiger partial charge in [-0.05, 0) is 87.0 Å². The number of aromatic nitrogens is 1. The summed E-state index contributed by atoms with van der Waals surface area (Å²) in [6, 6.07) is 0.325. The number of carbonyl (C=O) groups excluding carboxylic acids is 2. The molecule has 0 aromatic carbocycles. The van der Waals surface area contributed by atoms with Gasteiger partial charge in [0.15, 0.2) is 0 Å². The van der Waals surface area contributed by atoms with Gasteiger partial charge in [-0.25, -0.2) is 4.98 Å². The molecule has 8 nitrogen and oxygen atoms in total. The second-order valence-electron chi connectivity index (χ2n) is 9.48. The van der Waals surface area contributed by atoms with Crippen LogP contribution < -0.4 is 10.2 Å². The van der Waals surface area contributed by atoms with E-state index in [1.165, 1.54) is 7.11 Å². The van der Waals surface area contributed by atoms with Gasteiger partial charge in [0.2, 0.25) is 0 Å². The van der Waals surface area contributed by atoms with Crippen LogP contribution in [0.4, 0.5) is 5.82 Å². The largest absolute Gasteiger partial charge is 0.468 e. The van der Waals surface area contributed by atoms with Crippen molar-refractivity contribution < 1.29 is 23.2 Å². The number of halogens is 1. The average molecular weight is 578 g/mol. The van der Waals surface area contributed by atoms with Crippen molar-refractivity contribution in [3.05, 3.63) is 21.8 Å². The lowest BCUT2D eigenvalue weighted by Crippen LogP contribution is -2.46. The zero-order chi connectivity index (χ0) is 27.0. The molecule has 1 saturated carbocycles. The highest BCUT2D eigenvalue weighted by atomic mass is 127. The minimum Gasteiger partial charge on any atom is -0.468 e. The number of nitrogens with one attached hydrogen (secondary N) is 1. The Hall–Kier alpha value is -1.46. The van der Waals surface area contributed by atoms with Crippen molar-refractivity contribution in [2.24, 2.45) is 5.92 Å². The van der Waals surface area contributed by atoms with Crippen LogP contribution in [-0.2, 0) is 19.1 Å². The molecule has 0 amide bonds. The number of methoxy groups -OCH3 is 1. The molecule has 0 bridgehead atoms. The zero-order valence-electron chi connectivity index (χ0n) is 23.4. The highest BCUT2D eigenvalue weighted by molar-refractivity contribution is 14.1. The van der Waals surface area contributed by atoms with Crippen molar-refractivity contribution in [2.45, 2.75) is 58.1 Å². The number of nitrogens with zero attached hydrogens (tertiary/aromatic N) is 3. The number of ether oxygens (including phenoxy) is 2. The predicted molar refractivity (Wildman–Crippen MR) is 138 cm³/mol. The molecule has 0 aliphatic heterocycles. The second kappa shape index (κ2) is 13.4. The van der Waals surface area contributed by atoms with E-state index in [9.17, 15) is 9.59 Å². The third-order valence-corrected chi connectivity index (χ3v) is 6.11. The molecule has 0 spiro atoms. The lowest BCUT2D eigenvalue weighted by molar-refractivity contribution is -0.153. The molecular formula is C24H39IN4O4. The van der Waals surface area contributed by atoms with Crippen LogP contribution in [0, 0.1) is 9.49 Å². The Kier molecular flexibility index (Phi) is 9.48. The first-order valence-corrected chi connectivity index (χ1v) is 12.5. The summed E-state index contributed by atoms with van der Waals surface area (Å²) in [6.45, 7) is 7.67. The topological polar surface area (TPSA) is 84.0 Å². The van der Waals surface area contributed by atoms with Gasteiger partial charge in [0, 0.05) is 42.5 Å². The summed E-state index contributed by atoms with van der Waals surface area (Å²) >= 11 is 1.89. The Bertz CT molecular complexity index is 908. The summed E-state index contributed by atoms with van der Waals surface area (Å²) in [5.41, 5.74) is -0.521. The molecule has 1 aliphatic carbocycles. The quantitative estimate of drug-likeness (QED) is 0.244. The summed E-state index contributed by atoms with van der Waals surface area (Å²) in [4.78, 5) is 32.2. The van der Waals surface area contributed by atoms with Crippen LogP contribution in [0.3, 0.4) is 0 Å². The van der Waals surface area contributed by atoms with Gasteiger partial charge in [-0.15, -0.1) is 0 Å². The van der Waals surface area contributed by atoms with E-state index in [1.807, 2.05) is 55.3 Å². The van der Waals surface area contributed by atoms with E-state index in [0.717, 1.165) is 25.7 Å². The third-order valence-electron chi connectivity index (χ3n) is 5.60. The van der Waals surface area contributed by atoms with E-state index >= 15 is 0 Å². The maximum atomic E-state index is 12.0. The molecule has 0 unspecified atom stereocenters. The fourth-order valence-electron chi connectivity index (χ4n) is 4.03. The van der Waals surface area contributed by atoms with Crippen LogP contribution in [0.1, 0.15) is 50.6 Å². The Morgan fingerprint density at radius 3 is 2.58 bits per heavy atom. The van der Waals surface area contributed by atoms with Gasteiger partial charge in [-0.3, -0.25) is 14.5 Å². The van der Waals surface area contributed by atoms with E-state index in [-0.39, 0.29) is 49.3 Å². The zero-order valence-corrected chi connectivity index (χ0v) is 22.5. The van der Waals surface area contributed by atoms with Crippen molar-refractivity contribution in [1.29, 1.82) is 0 Å². The van der Waals surface area contributed by atoms with Gasteiger partial charge in [0.05, 0.1) is 24.3 Å². The fraction of sp³-hybridized carbons (Fsp3) is 0.708. The van der Waals surface area contributed by atoms with Crippen LogP contribution in [0.2, 0.25) is 0 Å². The van der Waals surface area contributed by atoms with Crippen LogP contribution in [0.15, 0.2) is 18.3 Å². The normalized spacial score (nSPS) is 20.0. The summed E-state index contributed by atoms with van der Waals surface area (Å²) in [6.07, 6.45) is 3.78. The summed E-state index contributed by atoms with van der Waals surface area (Å²) in [7, 11) is 3.25. The summed E-state index contributed by atoms with van der Waals surface area (Å²) < 4.78 is 34.9. The van der Waals surface area contributed by atoms with Crippen molar-refractivity contribution in [3.8, 4) is 0 Å². The van der Waals surface area contributed by atoms with Gasteiger partial charge >= 0.3 is 11.9 Å². The number of pyridine rings is 1. The smallest absolute Gasteiger partial charge is 0.320 e. The third kappa shape index (κ3) is 10.6. The van der Waals surface area contributed by atoms with E-state index in [1.54, 1.807) is 0 Å². The van der Waals surface area contributed by atoms with Gasteiger partial charge in [-0.1, -0.05) is 0 Å². The number of esters is 2. The molecule has 1 N–H and O–H groups in total. The second-order valence-corrected chi connectivity index (χ2v) is 10.6. The predicted octanol–water partition coefficient (Wildman–Crippen LogP) is 3.09. The van der Waals surface area contributed by atoms with Crippen LogP contribution in [-0.4, -0.2) is 80.3 Å². The first-order valence-electron chi connectivity index (χ1n) is 12.9. The number of hydrogen-bond acceptors (Lipinski definition) is 8. The van der Waals surface area contributed by atoms with E-state index in [4.69, 9.17) is 13.6 Å². The SMILES string of the molecule is [2H]c1nc(N(C)C[C@H]2CC[C@H](N(CCNCC(=O)OC(C)(C)C)CC(=O)OC)CC2)c([2H])c([2H])c1I. The number of hydrogen-bond donors (Lipinski definition) is 1. The molecule has 2 rings (SSSR count). The fourth-order valence-corrected chi connectivity index (χ4v) is 4.28. The molecule has 0 radical (unpaired) electrons. The lowest BCUT2D eigenvalue weighted by Gasteiger charge is -2.37. The maximum absolute atomic E-state index is 12.0. The Labute approximate surface area is 216 Å². The van der Waals surface area contributed by atoms with Crippen LogP contribution >= 0.6 is 22.6 Å². The standard InChI is InChI=1S/C24H39IN4O4/c1-24(2,3)33-22(30)15-26-12-13-29(17-23(31)32-5)20-9-6-18(7-10-20)16-28(4)21-11-8-19(25)14-27-21/h8,11,14,18,20,26H,6-7,9-10,12-13,15-17H2,1-5H3/t18-,20-/i8D,11D,14D. The molecule has 186 valence electrons. The molecule has 1 fully saturated rings. The molecule has 1 aliphatic rings. The van der Waals surface area contributed by atoms with E-state index < -0.39 is 5.60 Å². The maximum Gasteiger partial charge on any atom is 0.320 e. The summed E-state index contributed by atoms with van der Waals surface area (Å²) in [5, 5.41) is 3.11. The average Bonchev–Trinajstić information content (AvgIpc) is 2.81.